The monoisotopic (exact) mass is 483 g/mol. The van der Waals surface area contributed by atoms with Gasteiger partial charge < -0.3 is 25.2 Å². The average molecular weight is 484 g/mol. The number of esters is 1. The van der Waals surface area contributed by atoms with Gasteiger partial charge in [0.2, 0.25) is 5.91 Å². The Labute approximate surface area is 199 Å². The third-order valence-electron chi connectivity index (χ3n) is 4.82. The third kappa shape index (κ3) is 10.8. The molecule has 0 spiro atoms. The number of hydrogen-bond donors (Lipinski definition) is 2. The molecular formula is C23H35F2N5O4. The van der Waals surface area contributed by atoms with Crippen molar-refractivity contribution in [3.05, 3.63) is 42.2 Å². The van der Waals surface area contributed by atoms with E-state index in [0.717, 1.165) is 6.54 Å². The van der Waals surface area contributed by atoms with Crippen molar-refractivity contribution in [2.24, 2.45) is 0 Å². The Morgan fingerprint density at radius 2 is 2.00 bits per heavy atom. The van der Waals surface area contributed by atoms with Crippen LogP contribution in [0.4, 0.5) is 8.78 Å². The Bertz CT molecular complexity index is 830. The van der Waals surface area contributed by atoms with Gasteiger partial charge in [-0.2, -0.15) is 8.78 Å². The number of ether oxygens (including phenoxy) is 1. The van der Waals surface area contributed by atoms with Gasteiger partial charge in [-0.1, -0.05) is 12.7 Å². The van der Waals surface area contributed by atoms with Crippen LogP contribution in [0, 0.1) is 0 Å². The van der Waals surface area contributed by atoms with E-state index in [1.807, 2.05) is 25.9 Å². The number of aromatic nitrogens is 1. The molecule has 1 unspecified atom stereocenters. The number of amides is 2. The number of hydrogen-bond acceptors (Lipinski definition) is 7. The minimum Gasteiger partial charge on any atom is -0.454 e. The number of nitrogens with one attached hydrogen (secondary N) is 2. The fraction of sp³-hybridized carbons (Fsp3) is 0.565. The molecule has 1 rings (SSSR count). The molecule has 190 valence electrons. The molecule has 1 aromatic rings. The number of alkyl halides is 2. The van der Waals surface area contributed by atoms with Crippen molar-refractivity contribution in [1.29, 1.82) is 0 Å². The number of likely N-dealkylation sites (N-methyl/N-ethyl adjacent to an activating group) is 2. The van der Waals surface area contributed by atoms with E-state index in [0.29, 0.717) is 25.7 Å². The van der Waals surface area contributed by atoms with Gasteiger partial charge in [0, 0.05) is 52.3 Å². The summed E-state index contributed by atoms with van der Waals surface area (Å²) in [6.45, 7) is 8.34. The van der Waals surface area contributed by atoms with Crippen LogP contribution in [-0.4, -0.2) is 91.4 Å². The van der Waals surface area contributed by atoms with E-state index in [9.17, 15) is 23.2 Å². The number of pyridine rings is 1. The number of nitrogens with zero attached hydrogens (tertiary/aromatic N) is 3. The Balaban J connectivity index is 2.55. The molecule has 11 heteroatoms. The van der Waals surface area contributed by atoms with E-state index in [1.165, 1.54) is 18.3 Å². The van der Waals surface area contributed by atoms with E-state index < -0.39 is 23.9 Å². The van der Waals surface area contributed by atoms with E-state index in [-0.39, 0.29) is 37.5 Å². The molecule has 2 N–H and O–H groups in total. The zero-order valence-corrected chi connectivity index (χ0v) is 20.3. The predicted octanol–water partition coefficient (Wildman–Crippen LogP) is 1.45. The summed E-state index contributed by atoms with van der Waals surface area (Å²) < 4.78 is 31.1. The molecule has 0 aromatic carbocycles. The molecular weight excluding hydrogens is 448 g/mol. The summed E-state index contributed by atoms with van der Waals surface area (Å²) in [7, 11) is 3.89. The Kier molecular flexibility index (Phi) is 12.3. The first kappa shape index (κ1) is 29.1. The van der Waals surface area contributed by atoms with E-state index in [1.54, 1.807) is 11.0 Å². The molecule has 0 saturated heterocycles. The minimum absolute atomic E-state index is 0.0262. The highest BCUT2D eigenvalue weighted by molar-refractivity contribution is 5.89. The summed E-state index contributed by atoms with van der Waals surface area (Å²) in [6.07, 6.45) is 2.14. The van der Waals surface area contributed by atoms with Crippen LogP contribution >= 0.6 is 0 Å². The molecule has 9 nitrogen and oxygen atoms in total. The fourth-order valence-corrected chi connectivity index (χ4v) is 2.80. The first-order valence-corrected chi connectivity index (χ1v) is 11.1. The molecule has 2 amide bonds. The maximum Gasteiger partial charge on any atom is 0.338 e. The van der Waals surface area contributed by atoms with Gasteiger partial charge in [0.05, 0.1) is 17.8 Å². The summed E-state index contributed by atoms with van der Waals surface area (Å²) in [5, 5.41) is 5.12. The Hall–Kier alpha value is -2.92. The molecule has 1 atom stereocenters. The van der Waals surface area contributed by atoms with Gasteiger partial charge in [0.15, 0.2) is 0 Å². The van der Waals surface area contributed by atoms with Crippen LogP contribution < -0.4 is 10.6 Å². The molecule has 0 fully saturated rings. The highest BCUT2D eigenvalue weighted by Gasteiger charge is 2.31. The molecule has 0 bridgehead atoms. The van der Waals surface area contributed by atoms with Gasteiger partial charge in [-0.3, -0.25) is 14.6 Å². The molecule has 0 aliphatic rings. The van der Waals surface area contributed by atoms with Crippen LogP contribution in [0.2, 0.25) is 0 Å². The number of carbonyl (C=O) groups excluding carboxylic acids is 3. The second-order valence-electron chi connectivity index (χ2n) is 8.03. The summed E-state index contributed by atoms with van der Waals surface area (Å²) >= 11 is 0. The number of halogens is 2. The quantitative estimate of drug-likeness (QED) is 0.288. The van der Waals surface area contributed by atoms with Crippen LogP contribution in [0.15, 0.2) is 31.0 Å². The van der Waals surface area contributed by atoms with Crippen LogP contribution in [0.3, 0.4) is 0 Å². The SMILES string of the molecule is C=CC(CCNC(=O)C(C)(F)F)OC(=O)c1ccnc(CNCC(=O)N(CC)CCN(C)C)c1. The lowest BCUT2D eigenvalue weighted by molar-refractivity contribution is -0.143. The number of rotatable bonds is 15. The van der Waals surface area contributed by atoms with Gasteiger partial charge in [-0.15, -0.1) is 0 Å². The standard InChI is InChI=1S/C23H35F2N5O4/c1-6-19(9-11-28-22(33)23(3,24)25)34-21(32)17-8-10-27-18(14-17)15-26-16-20(31)30(7-2)13-12-29(4)5/h6,8,10,14,19,26H,1,7,9,11-13,15-16H2,2-5H3,(H,28,33). The lowest BCUT2D eigenvalue weighted by Crippen LogP contribution is -2.41. The first-order valence-electron chi connectivity index (χ1n) is 11.1. The van der Waals surface area contributed by atoms with Crippen molar-refractivity contribution < 1.29 is 27.9 Å². The van der Waals surface area contributed by atoms with Crippen LogP contribution in [0.1, 0.15) is 36.3 Å². The van der Waals surface area contributed by atoms with E-state index >= 15 is 0 Å². The maximum absolute atomic E-state index is 12.9. The van der Waals surface area contributed by atoms with Crippen LogP contribution in [-0.2, 0) is 20.9 Å². The summed E-state index contributed by atoms with van der Waals surface area (Å²) in [5.74, 6) is -5.54. The summed E-state index contributed by atoms with van der Waals surface area (Å²) in [6, 6.07) is 3.03. The predicted molar refractivity (Wildman–Crippen MR) is 124 cm³/mol. The molecule has 34 heavy (non-hydrogen) atoms. The third-order valence-corrected chi connectivity index (χ3v) is 4.82. The second kappa shape index (κ2) is 14.4. The summed E-state index contributed by atoms with van der Waals surface area (Å²) in [5.41, 5.74) is 0.793. The fourth-order valence-electron chi connectivity index (χ4n) is 2.80. The van der Waals surface area contributed by atoms with Crippen molar-refractivity contribution in [1.82, 2.24) is 25.4 Å². The maximum atomic E-state index is 12.9. The smallest absolute Gasteiger partial charge is 0.338 e. The van der Waals surface area contributed by atoms with Gasteiger partial charge in [-0.25, -0.2) is 4.79 Å². The van der Waals surface area contributed by atoms with Crippen LogP contribution in [0.5, 0.6) is 0 Å². The van der Waals surface area contributed by atoms with Crippen molar-refractivity contribution >= 4 is 17.8 Å². The van der Waals surface area contributed by atoms with Crippen molar-refractivity contribution in [2.75, 3.05) is 46.8 Å². The largest absolute Gasteiger partial charge is 0.454 e. The highest BCUT2D eigenvalue weighted by Crippen LogP contribution is 2.12. The van der Waals surface area contributed by atoms with Crippen molar-refractivity contribution in [3.63, 3.8) is 0 Å². The lowest BCUT2D eigenvalue weighted by atomic mass is 10.2. The first-order chi connectivity index (χ1) is 16.0. The Morgan fingerprint density at radius 1 is 1.29 bits per heavy atom. The molecule has 0 saturated carbocycles. The molecule has 0 aliphatic heterocycles. The van der Waals surface area contributed by atoms with E-state index in [4.69, 9.17) is 4.74 Å². The average Bonchev–Trinajstić information content (AvgIpc) is 2.77. The lowest BCUT2D eigenvalue weighted by Gasteiger charge is -2.23. The molecule has 1 heterocycles. The van der Waals surface area contributed by atoms with Gasteiger partial charge in [0.1, 0.15) is 6.10 Å². The molecule has 1 aromatic heterocycles. The molecule has 0 radical (unpaired) electrons. The van der Waals surface area contributed by atoms with E-state index in [2.05, 4.69) is 22.2 Å². The topological polar surface area (TPSA) is 104 Å². The zero-order chi connectivity index (χ0) is 25.7. The van der Waals surface area contributed by atoms with Crippen molar-refractivity contribution in [2.45, 2.75) is 38.8 Å². The highest BCUT2D eigenvalue weighted by atomic mass is 19.3. The zero-order valence-electron chi connectivity index (χ0n) is 20.3. The van der Waals surface area contributed by atoms with Crippen LogP contribution in [0.25, 0.3) is 0 Å². The minimum atomic E-state index is -3.48. The normalized spacial score (nSPS) is 12.2. The van der Waals surface area contributed by atoms with Gasteiger partial charge >= 0.3 is 11.9 Å². The Morgan fingerprint density at radius 3 is 2.59 bits per heavy atom. The van der Waals surface area contributed by atoms with Gasteiger partial charge in [-0.05, 0) is 33.2 Å². The summed E-state index contributed by atoms with van der Waals surface area (Å²) in [4.78, 5) is 44.0. The second-order valence-corrected chi connectivity index (χ2v) is 8.03. The molecule has 0 aliphatic carbocycles. The number of carbonyl (C=O) groups is 3. The van der Waals surface area contributed by atoms with Crippen molar-refractivity contribution in [3.8, 4) is 0 Å². The van der Waals surface area contributed by atoms with Gasteiger partial charge in [0.25, 0.3) is 5.91 Å².